The summed E-state index contributed by atoms with van der Waals surface area (Å²) in [6.45, 7) is 11.9. The third kappa shape index (κ3) is 7.39. The first-order valence-corrected chi connectivity index (χ1v) is 19.3. The lowest BCUT2D eigenvalue weighted by Gasteiger charge is -2.37. The van der Waals surface area contributed by atoms with Gasteiger partial charge in [-0.05, 0) is 70.0 Å². The standard InChI is InChI=1S/C39H51N7O5S/c1-7-45-33-13-12-25-16-28(33)29(36(45)27-10-8-14-40-35(27)24(2)49-6)18-39(3,4)22-51-38(48)30-11-9-15-46(43-30)37(47)31(17-34-42-32(25)21-52-34)41-23-44(5)26-19-50-20-26/h8,10,12-14,16,21,24,26,30-31,41,43H,7,9,11,15,17-20,22-23H2,1-6H3/t24-,30-,31-/m0/s1. The molecule has 278 valence electrons. The number of nitrogens with zero attached hydrogens (tertiary/aromatic N) is 5. The molecular weight excluding hydrogens is 679 g/mol. The van der Waals surface area contributed by atoms with Gasteiger partial charge in [-0.2, -0.15) is 0 Å². The molecule has 2 N–H and O–H groups in total. The molecule has 0 spiro atoms. The molecule has 3 aliphatic rings. The van der Waals surface area contributed by atoms with E-state index in [9.17, 15) is 9.59 Å². The summed E-state index contributed by atoms with van der Waals surface area (Å²) in [5.74, 6) is -0.446. The van der Waals surface area contributed by atoms with Crippen molar-refractivity contribution < 1.29 is 23.8 Å². The van der Waals surface area contributed by atoms with Crippen molar-refractivity contribution in [3.63, 3.8) is 0 Å². The summed E-state index contributed by atoms with van der Waals surface area (Å²) in [5, 5.41) is 9.20. The van der Waals surface area contributed by atoms with Crippen LogP contribution in [0.25, 0.3) is 33.4 Å². The van der Waals surface area contributed by atoms with Gasteiger partial charge < -0.3 is 18.8 Å². The molecule has 52 heavy (non-hydrogen) atoms. The molecule has 0 radical (unpaired) electrons. The van der Waals surface area contributed by atoms with E-state index in [0.29, 0.717) is 58.2 Å². The molecule has 0 aliphatic carbocycles. The van der Waals surface area contributed by atoms with Crippen LogP contribution in [0.4, 0.5) is 0 Å². The third-order valence-corrected chi connectivity index (χ3v) is 11.5. The number of methoxy groups -OCH3 is 1. The number of aromatic nitrogens is 3. The zero-order valence-electron chi connectivity index (χ0n) is 31.1. The maximum absolute atomic E-state index is 14.1. The summed E-state index contributed by atoms with van der Waals surface area (Å²) < 4.78 is 19.6. The van der Waals surface area contributed by atoms with Gasteiger partial charge >= 0.3 is 5.97 Å². The average molecular weight is 730 g/mol. The van der Waals surface area contributed by atoms with E-state index in [1.807, 2.05) is 26.2 Å². The topological polar surface area (TPSA) is 123 Å². The number of amides is 1. The SMILES string of the molecule is CCn1c(-c2cccnc2[C@H](C)OC)c2c3cc(ccc31)-c1csc(n1)C[C@H](NCN(C)C1COC1)C(=O)N1CCC[C@H](N1)C(=O)OCC(C)(C)C2. The van der Waals surface area contributed by atoms with Crippen LogP contribution in [0, 0.1) is 5.41 Å². The van der Waals surface area contributed by atoms with Gasteiger partial charge in [-0.3, -0.25) is 29.8 Å². The molecule has 0 saturated carbocycles. The van der Waals surface area contributed by atoms with Crippen LogP contribution in [-0.4, -0.2) is 102 Å². The van der Waals surface area contributed by atoms with E-state index < -0.39 is 17.5 Å². The number of carbonyl (C=O) groups excluding carboxylic acids is 2. The van der Waals surface area contributed by atoms with Crippen LogP contribution in [-0.2, 0) is 43.2 Å². The predicted molar refractivity (Wildman–Crippen MR) is 202 cm³/mol. The first kappa shape index (κ1) is 36.6. The molecule has 6 heterocycles. The van der Waals surface area contributed by atoms with Crippen molar-refractivity contribution in [1.29, 1.82) is 0 Å². The number of hydrogen-bond acceptors (Lipinski definition) is 11. The number of hydrogen-bond donors (Lipinski definition) is 2. The van der Waals surface area contributed by atoms with E-state index in [1.165, 1.54) is 5.56 Å². The Hall–Kier alpha value is -3.72. The van der Waals surface area contributed by atoms with E-state index in [2.05, 4.69) is 70.6 Å². The Balaban J connectivity index is 1.33. The summed E-state index contributed by atoms with van der Waals surface area (Å²) in [5.41, 5.74) is 10.0. The lowest BCUT2D eigenvalue weighted by molar-refractivity contribution is -0.155. The van der Waals surface area contributed by atoms with Crippen LogP contribution in [0.3, 0.4) is 0 Å². The fraction of sp³-hybridized carbons (Fsp3) is 0.538. The second-order valence-corrected chi connectivity index (χ2v) is 16.0. The van der Waals surface area contributed by atoms with Crippen LogP contribution in [0.2, 0.25) is 0 Å². The molecule has 3 aliphatic heterocycles. The number of ether oxygens (including phenoxy) is 3. The van der Waals surface area contributed by atoms with Gasteiger partial charge in [0.05, 0.1) is 60.1 Å². The zero-order chi connectivity index (χ0) is 36.6. The Morgan fingerprint density at radius 3 is 2.81 bits per heavy atom. The van der Waals surface area contributed by atoms with Gasteiger partial charge in [0, 0.05) is 72.3 Å². The number of rotatable bonds is 8. The average Bonchev–Trinajstić information content (AvgIpc) is 3.72. The Labute approximate surface area is 309 Å². The van der Waals surface area contributed by atoms with Gasteiger partial charge in [0.25, 0.3) is 5.91 Å². The molecule has 1 aromatic carbocycles. The van der Waals surface area contributed by atoms with E-state index in [1.54, 1.807) is 23.5 Å². The lowest BCUT2D eigenvalue weighted by Crippen LogP contribution is -2.61. The number of fused-ring (bicyclic) bond motifs is 6. The highest BCUT2D eigenvalue weighted by molar-refractivity contribution is 7.10. The second-order valence-electron chi connectivity index (χ2n) is 15.1. The number of aryl methyl sites for hydroxylation is 1. The molecule has 1 amide bonds. The van der Waals surface area contributed by atoms with E-state index >= 15 is 0 Å². The van der Waals surface area contributed by atoms with Crippen molar-refractivity contribution in [1.82, 2.24) is 35.2 Å². The quantitative estimate of drug-likeness (QED) is 0.190. The molecular formula is C39H51N7O5S. The Morgan fingerprint density at radius 2 is 2.06 bits per heavy atom. The second kappa shape index (κ2) is 15.3. The predicted octanol–water partition coefficient (Wildman–Crippen LogP) is 4.96. The highest BCUT2D eigenvalue weighted by atomic mass is 32.1. The monoisotopic (exact) mass is 729 g/mol. The van der Waals surface area contributed by atoms with Gasteiger partial charge in [0.2, 0.25) is 0 Å². The minimum absolute atomic E-state index is 0.106. The van der Waals surface area contributed by atoms with Crippen molar-refractivity contribution in [2.24, 2.45) is 5.41 Å². The largest absolute Gasteiger partial charge is 0.464 e. The normalized spacial score (nSPS) is 21.9. The number of cyclic esters (lactones) is 1. The number of thiazole rings is 1. The third-order valence-electron chi connectivity index (χ3n) is 10.7. The van der Waals surface area contributed by atoms with Crippen LogP contribution in [0.5, 0.6) is 0 Å². The fourth-order valence-electron chi connectivity index (χ4n) is 7.47. The van der Waals surface area contributed by atoms with E-state index in [-0.39, 0.29) is 24.6 Å². The fourth-order valence-corrected chi connectivity index (χ4v) is 8.32. The molecule has 6 bridgehead atoms. The van der Waals surface area contributed by atoms with Gasteiger partial charge in [-0.15, -0.1) is 11.3 Å². The van der Waals surface area contributed by atoms with E-state index in [4.69, 9.17) is 24.2 Å². The summed E-state index contributed by atoms with van der Waals surface area (Å²) in [7, 11) is 3.75. The number of nitrogens with one attached hydrogen (secondary N) is 2. The van der Waals surface area contributed by atoms with Gasteiger partial charge in [0.15, 0.2) is 0 Å². The van der Waals surface area contributed by atoms with Crippen molar-refractivity contribution >= 4 is 34.1 Å². The van der Waals surface area contributed by atoms with Gasteiger partial charge in [-0.25, -0.2) is 10.4 Å². The first-order valence-electron chi connectivity index (χ1n) is 18.4. The van der Waals surface area contributed by atoms with Crippen molar-refractivity contribution in [2.75, 3.05) is 47.2 Å². The Bertz CT molecular complexity index is 1920. The minimum Gasteiger partial charge on any atom is -0.464 e. The van der Waals surface area contributed by atoms with Crippen LogP contribution >= 0.6 is 11.3 Å². The molecule has 13 heteroatoms. The first-order chi connectivity index (χ1) is 25.1. The summed E-state index contributed by atoms with van der Waals surface area (Å²) in [6.07, 6.45) is 3.98. The Morgan fingerprint density at radius 1 is 1.23 bits per heavy atom. The molecule has 3 aromatic heterocycles. The number of benzene rings is 1. The van der Waals surface area contributed by atoms with Crippen molar-refractivity contribution in [3.8, 4) is 22.5 Å². The number of hydrazine groups is 1. The van der Waals surface area contributed by atoms with E-state index in [0.717, 1.165) is 50.7 Å². The van der Waals surface area contributed by atoms with Gasteiger partial charge in [0.1, 0.15) is 6.04 Å². The summed E-state index contributed by atoms with van der Waals surface area (Å²) >= 11 is 1.57. The molecule has 2 saturated heterocycles. The zero-order valence-corrected chi connectivity index (χ0v) is 31.9. The lowest BCUT2D eigenvalue weighted by atomic mass is 9.84. The molecule has 0 unspecified atom stereocenters. The molecule has 7 rings (SSSR count). The molecule has 2 fully saturated rings. The number of carbonyl (C=O) groups is 2. The smallest absolute Gasteiger partial charge is 0.324 e. The Kier molecular flexibility index (Phi) is 10.8. The molecule has 4 aromatic rings. The number of likely N-dealkylation sites (N-methyl/N-ethyl adjacent to an activating group) is 1. The van der Waals surface area contributed by atoms with Gasteiger partial charge in [-0.1, -0.05) is 19.9 Å². The number of esters is 1. The van der Waals surface area contributed by atoms with Crippen LogP contribution < -0.4 is 10.7 Å². The highest BCUT2D eigenvalue weighted by Gasteiger charge is 2.35. The van der Waals surface area contributed by atoms with Crippen molar-refractivity contribution in [2.45, 2.75) is 84.2 Å². The summed E-state index contributed by atoms with van der Waals surface area (Å²) in [4.78, 5) is 39.8. The van der Waals surface area contributed by atoms with Crippen molar-refractivity contribution in [3.05, 3.63) is 58.2 Å². The highest BCUT2D eigenvalue weighted by Crippen LogP contribution is 2.42. The molecule has 3 atom stereocenters. The number of pyridine rings is 1. The maximum atomic E-state index is 14.1. The van der Waals surface area contributed by atoms with Crippen LogP contribution in [0.1, 0.15) is 62.9 Å². The minimum atomic E-state index is -0.608. The van der Waals surface area contributed by atoms with Crippen LogP contribution in [0.15, 0.2) is 41.9 Å². The summed E-state index contributed by atoms with van der Waals surface area (Å²) in [6, 6.07) is 9.86. The molecule has 12 nitrogen and oxygen atoms in total. The maximum Gasteiger partial charge on any atom is 0.324 e.